The van der Waals surface area contributed by atoms with Crippen molar-refractivity contribution in [3.63, 3.8) is 0 Å². The van der Waals surface area contributed by atoms with Gasteiger partial charge >= 0.3 is 0 Å². The Balaban J connectivity index is 1.67. The predicted molar refractivity (Wildman–Crippen MR) is 73.0 cm³/mol. The number of thioether (sulfide) groups is 2. The zero-order valence-electron chi connectivity index (χ0n) is 9.71. The van der Waals surface area contributed by atoms with Crippen LogP contribution in [0.4, 0.5) is 0 Å². The Labute approximate surface area is 103 Å². The van der Waals surface area contributed by atoms with E-state index in [0.29, 0.717) is 0 Å². The van der Waals surface area contributed by atoms with Gasteiger partial charge in [-0.2, -0.15) is 23.5 Å². The Morgan fingerprint density at radius 1 is 1.13 bits per heavy atom. The highest BCUT2D eigenvalue weighted by Crippen LogP contribution is 2.30. The van der Waals surface area contributed by atoms with Crippen molar-refractivity contribution < 1.29 is 0 Å². The summed E-state index contributed by atoms with van der Waals surface area (Å²) in [5.74, 6) is 4.03. The lowest BCUT2D eigenvalue weighted by molar-refractivity contribution is 0.410. The maximum Gasteiger partial charge on any atom is 0.00853 e. The van der Waals surface area contributed by atoms with Crippen LogP contribution >= 0.6 is 23.5 Å². The van der Waals surface area contributed by atoms with Crippen molar-refractivity contribution in [3.8, 4) is 0 Å². The van der Waals surface area contributed by atoms with Crippen LogP contribution < -0.4 is 5.32 Å². The summed E-state index contributed by atoms with van der Waals surface area (Å²) in [6.45, 7) is 2.28. The van der Waals surface area contributed by atoms with Gasteiger partial charge in [-0.1, -0.05) is 6.92 Å². The smallest absolute Gasteiger partial charge is 0.00853 e. The van der Waals surface area contributed by atoms with Gasteiger partial charge in [0.25, 0.3) is 0 Å². The van der Waals surface area contributed by atoms with E-state index in [1.807, 2.05) is 0 Å². The summed E-state index contributed by atoms with van der Waals surface area (Å²) in [5, 5.41) is 4.83. The van der Waals surface area contributed by atoms with E-state index in [0.717, 1.165) is 17.3 Å². The summed E-state index contributed by atoms with van der Waals surface area (Å²) in [5.41, 5.74) is 0. The molecule has 2 atom stereocenters. The molecule has 2 unspecified atom stereocenters. The molecule has 0 bridgehead atoms. The first-order chi connectivity index (χ1) is 7.38. The molecule has 3 heteroatoms. The molecular formula is C12H23NS2. The van der Waals surface area contributed by atoms with Gasteiger partial charge in [-0.3, -0.25) is 0 Å². The monoisotopic (exact) mass is 245 g/mol. The molecule has 2 fully saturated rings. The molecule has 1 nitrogen and oxygen atoms in total. The van der Waals surface area contributed by atoms with Crippen molar-refractivity contribution >= 4 is 23.5 Å². The molecule has 1 heterocycles. The third-order valence-corrected chi connectivity index (χ3v) is 5.76. The van der Waals surface area contributed by atoms with Crippen LogP contribution in [-0.4, -0.2) is 34.6 Å². The van der Waals surface area contributed by atoms with E-state index in [1.165, 1.54) is 49.4 Å². The van der Waals surface area contributed by atoms with Gasteiger partial charge < -0.3 is 5.32 Å². The normalized spacial score (nSPS) is 33.4. The Bertz CT molecular complexity index is 180. The van der Waals surface area contributed by atoms with Gasteiger partial charge in [0.05, 0.1) is 0 Å². The summed E-state index contributed by atoms with van der Waals surface area (Å²) < 4.78 is 0. The van der Waals surface area contributed by atoms with Crippen LogP contribution in [0.3, 0.4) is 0 Å². The van der Waals surface area contributed by atoms with E-state index in [-0.39, 0.29) is 0 Å². The molecule has 0 aromatic heterocycles. The van der Waals surface area contributed by atoms with Crippen LogP contribution in [0.5, 0.6) is 0 Å². The fourth-order valence-electron chi connectivity index (χ4n) is 2.68. The fraction of sp³-hybridized carbons (Fsp3) is 1.00. The summed E-state index contributed by atoms with van der Waals surface area (Å²) in [4.78, 5) is 0. The zero-order chi connectivity index (χ0) is 10.5. The van der Waals surface area contributed by atoms with Crippen molar-refractivity contribution in [1.82, 2.24) is 5.32 Å². The van der Waals surface area contributed by atoms with Crippen LogP contribution in [0.1, 0.15) is 39.0 Å². The first kappa shape index (κ1) is 12.1. The summed E-state index contributed by atoms with van der Waals surface area (Å²) in [6.07, 6.45) is 7.07. The van der Waals surface area contributed by atoms with Gasteiger partial charge in [0.2, 0.25) is 0 Å². The summed E-state index contributed by atoms with van der Waals surface area (Å²) >= 11 is 4.28. The molecule has 1 N–H and O–H groups in total. The molecule has 88 valence electrons. The van der Waals surface area contributed by atoms with Gasteiger partial charge in [-0.05, 0) is 49.4 Å². The SMILES string of the molecule is CCSC1CCC(NC2CCSCC2)C1. The lowest BCUT2D eigenvalue weighted by Gasteiger charge is -2.26. The van der Waals surface area contributed by atoms with Gasteiger partial charge in [0.1, 0.15) is 0 Å². The highest BCUT2D eigenvalue weighted by atomic mass is 32.2. The first-order valence-electron chi connectivity index (χ1n) is 6.34. The van der Waals surface area contributed by atoms with E-state index in [9.17, 15) is 0 Å². The maximum absolute atomic E-state index is 3.88. The van der Waals surface area contributed by atoms with Crippen LogP contribution in [-0.2, 0) is 0 Å². The lowest BCUT2D eigenvalue weighted by atomic mass is 10.1. The van der Waals surface area contributed by atoms with Crippen molar-refractivity contribution in [2.75, 3.05) is 17.3 Å². The van der Waals surface area contributed by atoms with Gasteiger partial charge in [-0.15, -0.1) is 0 Å². The highest BCUT2D eigenvalue weighted by molar-refractivity contribution is 7.99. The number of rotatable bonds is 4. The lowest BCUT2D eigenvalue weighted by Crippen LogP contribution is -2.39. The minimum atomic E-state index is 0.835. The fourth-order valence-corrected chi connectivity index (χ4v) is 4.93. The second-order valence-electron chi connectivity index (χ2n) is 4.64. The summed E-state index contributed by atoms with van der Waals surface area (Å²) in [7, 11) is 0. The quantitative estimate of drug-likeness (QED) is 0.817. The third kappa shape index (κ3) is 3.86. The first-order valence-corrected chi connectivity index (χ1v) is 8.54. The van der Waals surface area contributed by atoms with Crippen LogP contribution in [0.15, 0.2) is 0 Å². The maximum atomic E-state index is 3.88. The Morgan fingerprint density at radius 3 is 2.67 bits per heavy atom. The van der Waals surface area contributed by atoms with Gasteiger partial charge in [0, 0.05) is 17.3 Å². The van der Waals surface area contributed by atoms with Crippen molar-refractivity contribution in [2.24, 2.45) is 0 Å². The zero-order valence-corrected chi connectivity index (χ0v) is 11.3. The third-order valence-electron chi connectivity index (χ3n) is 3.48. The molecule has 0 aromatic rings. The summed E-state index contributed by atoms with van der Waals surface area (Å²) in [6, 6.07) is 1.67. The highest BCUT2D eigenvalue weighted by Gasteiger charge is 2.26. The molecule has 1 aliphatic heterocycles. The van der Waals surface area contributed by atoms with Gasteiger partial charge in [-0.25, -0.2) is 0 Å². The molecule has 1 saturated carbocycles. The number of hydrogen-bond donors (Lipinski definition) is 1. The molecule has 15 heavy (non-hydrogen) atoms. The van der Waals surface area contributed by atoms with E-state index < -0.39 is 0 Å². The Hall–Kier alpha value is 0.660. The van der Waals surface area contributed by atoms with Gasteiger partial charge in [0.15, 0.2) is 0 Å². The van der Waals surface area contributed by atoms with Crippen LogP contribution in [0, 0.1) is 0 Å². The minimum absolute atomic E-state index is 0.835. The van der Waals surface area contributed by atoms with E-state index in [1.54, 1.807) is 0 Å². The largest absolute Gasteiger partial charge is 0.311 e. The van der Waals surface area contributed by atoms with Crippen molar-refractivity contribution in [1.29, 1.82) is 0 Å². The van der Waals surface area contributed by atoms with Crippen LogP contribution in [0.2, 0.25) is 0 Å². The number of hydrogen-bond acceptors (Lipinski definition) is 3. The van der Waals surface area contributed by atoms with E-state index in [4.69, 9.17) is 0 Å². The second-order valence-corrected chi connectivity index (χ2v) is 7.44. The molecule has 2 aliphatic rings. The van der Waals surface area contributed by atoms with E-state index >= 15 is 0 Å². The molecule has 0 amide bonds. The van der Waals surface area contributed by atoms with Crippen molar-refractivity contribution in [3.05, 3.63) is 0 Å². The molecule has 1 saturated heterocycles. The Morgan fingerprint density at radius 2 is 1.93 bits per heavy atom. The van der Waals surface area contributed by atoms with E-state index in [2.05, 4.69) is 35.8 Å². The molecule has 0 spiro atoms. The molecule has 2 rings (SSSR count). The average Bonchev–Trinajstić information content (AvgIpc) is 2.68. The molecule has 0 aromatic carbocycles. The molecule has 1 aliphatic carbocycles. The standard InChI is InChI=1S/C12H23NS2/c1-2-15-12-4-3-11(9-12)13-10-5-7-14-8-6-10/h10-13H,2-9H2,1H3. The minimum Gasteiger partial charge on any atom is -0.311 e. The second kappa shape index (κ2) is 6.41. The Kier molecular flexibility index (Phi) is 5.18. The van der Waals surface area contributed by atoms with Crippen LogP contribution in [0.25, 0.3) is 0 Å². The molecular weight excluding hydrogens is 222 g/mol. The molecule has 0 radical (unpaired) electrons. The topological polar surface area (TPSA) is 12.0 Å². The average molecular weight is 245 g/mol. The predicted octanol–water partition coefficient (Wildman–Crippen LogP) is 3.15. The number of nitrogens with one attached hydrogen (secondary N) is 1. The van der Waals surface area contributed by atoms with Crippen molar-refractivity contribution in [2.45, 2.75) is 56.4 Å².